The molecule has 0 aliphatic heterocycles. The summed E-state index contributed by atoms with van der Waals surface area (Å²) >= 11 is 0. The lowest BCUT2D eigenvalue weighted by Gasteiger charge is -2.15. The third kappa shape index (κ3) is 2.51. The van der Waals surface area contributed by atoms with Crippen molar-refractivity contribution in [2.75, 3.05) is 26.6 Å². The van der Waals surface area contributed by atoms with E-state index in [1.807, 2.05) is 0 Å². The van der Waals surface area contributed by atoms with Crippen molar-refractivity contribution in [3.63, 3.8) is 0 Å². The zero-order valence-corrected chi connectivity index (χ0v) is 11.3. The van der Waals surface area contributed by atoms with E-state index in [0.717, 1.165) is 0 Å². The number of aromatic nitrogens is 1. The van der Waals surface area contributed by atoms with Gasteiger partial charge in [0.2, 0.25) is 5.75 Å². The number of hydrogen-bond donors (Lipinski definition) is 1. The maximum Gasteiger partial charge on any atom is 0.259 e. The average molecular weight is 278 g/mol. The lowest BCUT2D eigenvalue weighted by Crippen LogP contribution is -2.13. The molecule has 1 aromatic carbocycles. The number of rotatable bonds is 5. The highest BCUT2D eigenvalue weighted by molar-refractivity contribution is 6.06. The first kappa shape index (κ1) is 13.7. The van der Waals surface area contributed by atoms with Crippen LogP contribution >= 0.6 is 0 Å². The Morgan fingerprint density at radius 1 is 1.15 bits per heavy atom. The fraction of sp³-hybridized carbons (Fsp3) is 0.231. The average Bonchev–Trinajstić information content (AvgIpc) is 2.98. The molecule has 0 atom stereocenters. The van der Waals surface area contributed by atoms with Crippen molar-refractivity contribution in [2.45, 2.75) is 0 Å². The largest absolute Gasteiger partial charge is 0.493 e. The van der Waals surface area contributed by atoms with Gasteiger partial charge in [-0.1, -0.05) is 5.16 Å². The van der Waals surface area contributed by atoms with Gasteiger partial charge in [0.25, 0.3) is 5.91 Å². The van der Waals surface area contributed by atoms with Crippen molar-refractivity contribution in [1.29, 1.82) is 0 Å². The predicted octanol–water partition coefficient (Wildman–Crippen LogP) is 1.95. The summed E-state index contributed by atoms with van der Waals surface area (Å²) in [6.07, 6.45) is 2.72. The van der Waals surface area contributed by atoms with Gasteiger partial charge in [0, 0.05) is 0 Å². The topological polar surface area (TPSA) is 82.8 Å². The van der Waals surface area contributed by atoms with Crippen molar-refractivity contribution < 1.29 is 23.5 Å². The van der Waals surface area contributed by atoms with Crippen LogP contribution in [-0.2, 0) is 0 Å². The number of nitrogens with zero attached hydrogens (tertiary/aromatic N) is 1. The first-order chi connectivity index (χ1) is 9.71. The Labute approximate surface area is 115 Å². The van der Waals surface area contributed by atoms with Crippen LogP contribution in [-0.4, -0.2) is 32.4 Å². The van der Waals surface area contributed by atoms with Crippen LogP contribution in [0.1, 0.15) is 10.4 Å². The predicted molar refractivity (Wildman–Crippen MR) is 70.6 cm³/mol. The molecule has 20 heavy (non-hydrogen) atoms. The van der Waals surface area contributed by atoms with Gasteiger partial charge in [-0.25, -0.2) is 0 Å². The van der Waals surface area contributed by atoms with Crippen molar-refractivity contribution >= 4 is 11.6 Å². The minimum absolute atomic E-state index is 0.292. The second-order valence-electron chi connectivity index (χ2n) is 3.75. The molecular formula is C13H14N2O5. The van der Waals surface area contributed by atoms with Gasteiger partial charge in [-0.2, -0.15) is 0 Å². The zero-order valence-electron chi connectivity index (χ0n) is 11.3. The van der Waals surface area contributed by atoms with E-state index in [4.69, 9.17) is 14.2 Å². The van der Waals surface area contributed by atoms with E-state index in [-0.39, 0.29) is 5.91 Å². The molecule has 0 radical (unpaired) electrons. The number of ether oxygens (including phenoxy) is 3. The number of hydrogen-bond acceptors (Lipinski definition) is 6. The molecule has 0 aliphatic carbocycles. The summed E-state index contributed by atoms with van der Waals surface area (Å²) in [5.41, 5.74) is 0.762. The summed E-state index contributed by atoms with van der Waals surface area (Å²) in [7, 11) is 4.43. The SMILES string of the molecule is COc1ccc(C(=O)Nc2cnoc2)c(OC)c1OC. The molecule has 1 heterocycles. The number of benzene rings is 1. The van der Waals surface area contributed by atoms with E-state index in [1.54, 1.807) is 12.1 Å². The molecule has 7 heteroatoms. The van der Waals surface area contributed by atoms with Gasteiger partial charge in [-0.05, 0) is 12.1 Å². The second kappa shape index (κ2) is 5.96. The minimum Gasteiger partial charge on any atom is -0.493 e. The van der Waals surface area contributed by atoms with Gasteiger partial charge in [0.15, 0.2) is 11.5 Å². The summed E-state index contributed by atoms with van der Waals surface area (Å²) < 4.78 is 20.3. The van der Waals surface area contributed by atoms with Crippen LogP contribution in [0.25, 0.3) is 0 Å². The highest BCUT2D eigenvalue weighted by Crippen LogP contribution is 2.39. The van der Waals surface area contributed by atoms with E-state index in [2.05, 4.69) is 15.0 Å². The van der Waals surface area contributed by atoms with Crippen LogP contribution in [0.5, 0.6) is 17.2 Å². The standard InChI is InChI=1S/C13H14N2O5/c1-17-10-5-4-9(11(18-2)12(10)19-3)13(16)15-8-6-14-20-7-8/h4-7H,1-3H3,(H,15,16). The molecule has 2 rings (SSSR count). The van der Waals surface area contributed by atoms with Crippen LogP contribution in [0.4, 0.5) is 5.69 Å². The quantitative estimate of drug-likeness (QED) is 0.900. The molecule has 1 aromatic heterocycles. The summed E-state index contributed by atoms with van der Waals surface area (Å²) in [6.45, 7) is 0. The number of amides is 1. The molecule has 0 bridgehead atoms. The third-order valence-electron chi connectivity index (χ3n) is 2.64. The Morgan fingerprint density at radius 3 is 2.45 bits per heavy atom. The lowest BCUT2D eigenvalue weighted by molar-refractivity contribution is 0.102. The monoisotopic (exact) mass is 278 g/mol. The number of nitrogens with one attached hydrogen (secondary N) is 1. The Kier molecular flexibility index (Phi) is 4.09. The molecule has 0 unspecified atom stereocenters. The Morgan fingerprint density at radius 2 is 1.90 bits per heavy atom. The molecule has 1 amide bonds. The summed E-state index contributed by atoms with van der Waals surface area (Å²) in [6, 6.07) is 3.22. The molecule has 0 aliphatic rings. The maximum atomic E-state index is 12.2. The fourth-order valence-corrected chi connectivity index (χ4v) is 1.75. The fourth-order valence-electron chi connectivity index (χ4n) is 1.75. The van der Waals surface area contributed by atoms with E-state index >= 15 is 0 Å². The van der Waals surface area contributed by atoms with Crippen LogP contribution < -0.4 is 19.5 Å². The second-order valence-corrected chi connectivity index (χ2v) is 3.75. The number of anilines is 1. The highest BCUT2D eigenvalue weighted by Gasteiger charge is 2.20. The van der Waals surface area contributed by atoms with Gasteiger partial charge in [-0.3, -0.25) is 4.79 Å². The van der Waals surface area contributed by atoms with Crippen molar-refractivity contribution in [1.82, 2.24) is 5.16 Å². The number of carbonyl (C=O) groups excluding carboxylic acids is 1. The van der Waals surface area contributed by atoms with E-state index in [0.29, 0.717) is 28.5 Å². The van der Waals surface area contributed by atoms with Gasteiger partial charge in [-0.15, -0.1) is 0 Å². The molecular weight excluding hydrogens is 264 g/mol. The molecule has 7 nitrogen and oxygen atoms in total. The van der Waals surface area contributed by atoms with Gasteiger partial charge in [0.1, 0.15) is 12.0 Å². The zero-order chi connectivity index (χ0) is 14.5. The summed E-state index contributed by atoms with van der Waals surface area (Å²) in [5, 5.41) is 6.14. The molecule has 0 spiro atoms. The van der Waals surface area contributed by atoms with E-state index in [9.17, 15) is 4.79 Å². The van der Waals surface area contributed by atoms with Crippen LogP contribution in [0, 0.1) is 0 Å². The normalized spacial score (nSPS) is 9.95. The molecule has 0 fully saturated rings. The Balaban J connectivity index is 2.38. The van der Waals surface area contributed by atoms with Gasteiger partial charge < -0.3 is 24.1 Å². The molecule has 106 valence electrons. The van der Waals surface area contributed by atoms with Crippen LogP contribution in [0.2, 0.25) is 0 Å². The Hall–Kier alpha value is -2.70. The summed E-state index contributed by atoms with van der Waals surface area (Å²) in [4.78, 5) is 12.2. The molecule has 0 saturated carbocycles. The number of carbonyl (C=O) groups is 1. The van der Waals surface area contributed by atoms with Crippen molar-refractivity contribution in [2.24, 2.45) is 0 Å². The minimum atomic E-state index is -0.369. The van der Waals surface area contributed by atoms with E-state index in [1.165, 1.54) is 33.8 Å². The van der Waals surface area contributed by atoms with Crippen molar-refractivity contribution in [3.05, 3.63) is 30.2 Å². The van der Waals surface area contributed by atoms with E-state index < -0.39 is 0 Å². The smallest absolute Gasteiger partial charge is 0.259 e. The molecule has 2 aromatic rings. The first-order valence-corrected chi connectivity index (χ1v) is 5.71. The molecule has 1 N–H and O–H groups in total. The third-order valence-corrected chi connectivity index (χ3v) is 2.64. The first-order valence-electron chi connectivity index (χ1n) is 5.71. The lowest BCUT2D eigenvalue weighted by atomic mass is 10.1. The van der Waals surface area contributed by atoms with Gasteiger partial charge >= 0.3 is 0 Å². The van der Waals surface area contributed by atoms with Crippen LogP contribution in [0.3, 0.4) is 0 Å². The summed E-state index contributed by atoms with van der Waals surface area (Å²) in [5.74, 6) is 0.755. The maximum absolute atomic E-state index is 12.2. The van der Waals surface area contributed by atoms with Crippen LogP contribution in [0.15, 0.2) is 29.1 Å². The molecule has 0 saturated heterocycles. The highest BCUT2D eigenvalue weighted by atomic mass is 16.5. The Bertz CT molecular complexity index is 595. The van der Waals surface area contributed by atoms with Crippen molar-refractivity contribution in [3.8, 4) is 17.2 Å². The van der Waals surface area contributed by atoms with Gasteiger partial charge in [0.05, 0.1) is 33.1 Å². The number of methoxy groups -OCH3 is 3.